The van der Waals surface area contributed by atoms with E-state index in [0.29, 0.717) is 0 Å². The topological polar surface area (TPSA) is 12.4 Å². The Morgan fingerprint density at radius 1 is 0.821 bits per heavy atom. The number of hydrogen-bond donors (Lipinski definition) is 0. The molecule has 2 aromatic rings. The Morgan fingerprint density at radius 3 is 2.36 bits per heavy atom. The van der Waals surface area contributed by atoms with Crippen LogP contribution in [0.4, 0.5) is 5.69 Å². The molecule has 2 aliphatic carbocycles. The molecule has 0 spiro atoms. The van der Waals surface area contributed by atoms with Crippen molar-refractivity contribution in [3.8, 4) is 0 Å². The maximum absolute atomic E-state index is 4.96. The van der Waals surface area contributed by atoms with Gasteiger partial charge >= 0.3 is 0 Å². The van der Waals surface area contributed by atoms with Crippen molar-refractivity contribution in [3.63, 3.8) is 0 Å². The average Bonchev–Trinajstić information content (AvgIpc) is 3.19. The van der Waals surface area contributed by atoms with E-state index in [1.807, 2.05) is 0 Å². The lowest BCUT2D eigenvalue weighted by Crippen LogP contribution is -2.23. The van der Waals surface area contributed by atoms with Gasteiger partial charge in [-0.3, -0.25) is 4.99 Å². The summed E-state index contributed by atoms with van der Waals surface area (Å²) < 4.78 is 0. The maximum Gasteiger partial charge on any atom is 0.0669 e. The lowest BCUT2D eigenvalue weighted by molar-refractivity contribution is 0.186. The minimum Gasteiger partial charge on any atom is -0.252 e. The van der Waals surface area contributed by atoms with Gasteiger partial charge < -0.3 is 0 Å². The molecule has 148 valence electrons. The van der Waals surface area contributed by atoms with E-state index in [0.717, 1.165) is 29.9 Å². The minimum atomic E-state index is 0. The van der Waals surface area contributed by atoms with Crippen LogP contribution in [0.15, 0.2) is 47.5 Å². The largest absolute Gasteiger partial charge is 0.252 e. The lowest BCUT2D eigenvalue weighted by atomic mass is 9.70. The van der Waals surface area contributed by atoms with E-state index >= 15 is 0 Å². The fourth-order valence-electron chi connectivity index (χ4n) is 6.02. The van der Waals surface area contributed by atoms with Crippen LogP contribution in [0.2, 0.25) is 0 Å². The zero-order chi connectivity index (χ0) is 18.9. The molecule has 28 heavy (non-hydrogen) atoms. The number of aliphatic imine (C=N–C) groups is 1. The molecule has 1 nitrogen and oxygen atoms in total. The molecule has 1 heteroatoms. The van der Waals surface area contributed by atoms with Crippen LogP contribution in [0, 0.1) is 18.8 Å². The van der Waals surface area contributed by atoms with Crippen LogP contribution in [0.3, 0.4) is 0 Å². The molecule has 2 saturated carbocycles. The Kier molecular flexibility index (Phi) is 5.09. The summed E-state index contributed by atoms with van der Waals surface area (Å²) in [5.74, 6) is 2.80. The summed E-state index contributed by atoms with van der Waals surface area (Å²) in [6, 6.07) is 15.8. The number of fused-ring (bicyclic) bond motifs is 1. The Bertz CT molecular complexity index is 870. The van der Waals surface area contributed by atoms with Crippen molar-refractivity contribution in [1.82, 2.24) is 0 Å². The summed E-state index contributed by atoms with van der Waals surface area (Å²) in [4.78, 5) is 4.96. The molecule has 0 saturated heterocycles. The molecule has 0 radical (unpaired) electrons. The summed E-state index contributed by atoms with van der Waals surface area (Å²) in [5, 5.41) is 0. The van der Waals surface area contributed by atoms with Crippen molar-refractivity contribution < 1.29 is 1.43 Å². The van der Waals surface area contributed by atoms with Crippen LogP contribution < -0.4 is 0 Å². The second kappa shape index (κ2) is 7.85. The highest BCUT2D eigenvalue weighted by atomic mass is 14.8. The summed E-state index contributed by atoms with van der Waals surface area (Å²) in [6.45, 7) is 2.24. The van der Waals surface area contributed by atoms with Crippen LogP contribution in [-0.4, -0.2) is 5.71 Å². The van der Waals surface area contributed by atoms with Gasteiger partial charge in [0.1, 0.15) is 0 Å². The van der Waals surface area contributed by atoms with E-state index in [9.17, 15) is 0 Å². The molecule has 0 amide bonds. The first-order valence-electron chi connectivity index (χ1n) is 11.5. The van der Waals surface area contributed by atoms with Crippen LogP contribution in [0.5, 0.6) is 0 Å². The summed E-state index contributed by atoms with van der Waals surface area (Å²) >= 11 is 0. The molecule has 1 aliphatic heterocycles. The molecule has 2 fully saturated rings. The van der Waals surface area contributed by atoms with Gasteiger partial charge in [-0.1, -0.05) is 62.4 Å². The second-order valence-electron chi connectivity index (χ2n) is 9.45. The molecular weight excluding hydrogens is 338 g/mol. The zero-order valence-corrected chi connectivity index (χ0v) is 17.3. The highest BCUT2D eigenvalue weighted by molar-refractivity contribution is 6.07. The number of para-hydroxylation sites is 1. The molecule has 0 bridgehead atoms. The third kappa shape index (κ3) is 3.56. The van der Waals surface area contributed by atoms with Gasteiger partial charge in [0.05, 0.1) is 11.4 Å². The third-order valence-corrected chi connectivity index (χ3v) is 7.74. The molecule has 0 aromatic heterocycles. The summed E-state index contributed by atoms with van der Waals surface area (Å²) in [6.07, 6.45) is 14.1. The van der Waals surface area contributed by atoms with Gasteiger partial charge in [-0.25, -0.2) is 0 Å². The maximum atomic E-state index is 4.96. The number of nitrogens with zero attached hydrogens (tertiary/aromatic N) is 1. The Labute approximate surface area is 171 Å². The second-order valence-corrected chi connectivity index (χ2v) is 9.45. The predicted molar refractivity (Wildman–Crippen MR) is 121 cm³/mol. The number of benzene rings is 2. The van der Waals surface area contributed by atoms with Crippen LogP contribution in [0.1, 0.15) is 87.4 Å². The number of aryl methyl sites for hydroxylation is 1. The van der Waals surface area contributed by atoms with Crippen LogP contribution in [-0.2, 0) is 6.42 Å². The van der Waals surface area contributed by atoms with E-state index < -0.39 is 0 Å². The first kappa shape index (κ1) is 18.2. The fourth-order valence-corrected chi connectivity index (χ4v) is 6.02. The van der Waals surface area contributed by atoms with Crippen molar-refractivity contribution in [1.29, 1.82) is 0 Å². The molecular formula is C27H35N. The lowest BCUT2D eigenvalue weighted by Gasteiger charge is -2.36. The average molecular weight is 374 g/mol. The Balaban J connectivity index is 0.00000205. The third-order valence-electron chi connectivity index (χ3n) is 7.74. The summed E-state index contributed by atoms with van der Waals surface area (Å²) in [7, 11) is 0. The van der Waals surface area contributed by atoms with Crippen molar-refractivity contribution in [2.75, 3.05) is 0 Å². The molecule has 0 atom stereocenters. The van der Waals surface area contributed by atoms with Gasteiger partial charge in [0.2, 0.25) is 0 Å². The van der Waals surface area contributed by atoms with Gasteiger partial charge in [-0.05, 0) is 84.7 Å². The molecule has 3 aliphatic rings. The van der Waals surface area contributed by atoms with E-state index in [4.69, 9.17) is 4.99 Å². The van der Waals surface area contributed by atoms with Crippen molar-refractivity contribution in [2.24, 2.45) is 16.8 Å². The van der Waals surface area contributed by atoms with Gasteiger partial charge in [0, 0.05) is 7.85 Å². The molecule has 2 aromatic carbocycles. The summed E-state index contributed by atoms with van der Waals surface area (Å²) in [5.41, 5.74) is 8.10. The quantitative estimate of drug-likeness (QED) is 0.521. The highest BCUT2D eigenvalue weighted by Gasteiger charge is 2.29. The number of rotatable bonds is 3. The monoisotopic (exact) mass is 373 g/mol. The Hall–Kier alpha value is -1.89. The van der Waals surface area contributed by atoms with Gasteiger partial charge in [0.15, 0.2) is 0 Å². The van der Waals surface area contributed by atoms with E-state index in [-0.39, 0.29) is 1.43 Å². The van der Waals surface area contributed by atoms with Gasteiger partial charge in [0.25, 0.3) is 0 Å². The SMILES string of the molecule is Cc1ccc(C2CCC(C3CCCCC3)CC2)cc1C1=Nc2ccccc2C1.[HH]. The van der Waals surface area contributed by atoms with E-state index in [1.54, 1.807) is 5.56 Å². The van der Waals surface area contributed by atoms with Crippen LogP contribution in [0.25, 0.3) is 0 Å². The minimum absolute atomic E-state index is 0. The highest BCUT2D eigenvalue weighted by Crippen LogP contribution is 2.43. The Morgan fingerprint density at radius 2 is 1.57 bits per heavy atom. The van der Waals surface area contributed by atoms with Gasteiger partial charge in [-0.15, -0.1) is 0 Å². The normalized spacial score (nSPS) is 25.4. The molecule has 1 heterocycles. The molecule has 0 unspecified atom stereocenters. The van der Waals surface area contributed by atoms with E-state index in [2.05, 4.69) is 49.4 Å². The fraction of sp³-hybridized carbons (Fsp3) is 0.519. The smallest absolute Gasteiger partial charge is 0.0669 e. The van der Waals surface area contributed by atoms with Crippen molar-refractivity contribution in [3.05, 3.63) is 64.7 Å². The first-order chi connectivity index (χ1) is 13.8. The van der Waals surface area contributed by atoms with Crippen molar-refractivity contribution in [2.45, 2.75) is 77.0 Å². The van der Waals surface area contributed by atoms with Gasteiger partial charge in [-0.2, -0.15) is 0 Å². The number of hydrogen-bond acceptors (Lipinski definition) is 1. The zero-order valence-electron chi connectivity index (χ0n) is 17.3. The standard InChI is InChI=1S/C27H33N.H2/c1-19-11-12-23(17-25(19)27-18-24-9-5-6-10-26(24)28-27)22-15-13-21(14-16-22)20-7-3-2-4-8-20;/h5-6,9-12,17,20-22H,2-4,7-8,13-16,18H2,1H3;1H. The predicted octanol–water partition coefficient (Wildman–Crippen LogP) is 7.77. The first-order valence-corrected chi connectivity index (χ1v) is 11.5. The van der Waals surface area contributed by atoms with E-state index in [1.165, 1.54) is 80.2 Å². The van der Waals surface area contributed by atoms with Crippen molar-refractivity contribution >= 4 is 11.4 Å². The van der Waals surface area contributed by atoms with Crippen LogP contribution >= 0.6 is 0 Å². The molecule has 0 N–H and O–H groups in total. The molecule has 5 rings (SSSR count).